The van der Waals surface area contributed by atoms with Gasteiger partial charge in [-0.25, -0.2) is 9.37 Å². The molecule has 1 aromatic heterocycles. The van der Waals surface area contributed by atoms with Crippen LogP contribution in [0.15, 0.2) is 24.3 Å². The molecule has 0 saturated carbocycles. The molecule has 0 radical (unpaired) electrons. The van der Waals surface area contributed by atoms with Crippen LogP contribution < -0.4 is 5.32 Å². The number of fused-ring (bicyclic) bond motifs is 1. The van der Waals surface area contributed by atoms with Gasteiger partial charge in [0.2, 0.25) is 11.8 Å². The summed E-state index contributed by atoms with van der Waals surface area (Å²) in [6, 6.07) is 5.67. The molecule has 26 heavy (non-hydrogen) atoms. The average Bonchev–Trinajstić information content (AvgIpc) is 3.22. The average molecular weight is 391 g/mol. The second-order valence-corrected chi connectivity index (χ2v) is 9.39. The van der Waals surface area contributed by atoms with Crippen molar-refractivity contribution in [3.05, 3.63) is 35.0 Å². The van der Waals surface area contributed by atoms with Crippen molar-refractivity contribution in [3.8, 4) is 11.3 Å². The second kappa shape index (κ2) is 6.35. The molecule has 4 rings (SSSR count). The number of thioether (sulfide) groups is 1. The zero-order chi connectivity index (χ0) is 18.5. The Morgan fingerprint density at radius 1 is 1.38 bits per heavy atom. The van der Waals surface area contributed by atoms with Gasteiger partial charge in [-0.05, 0) is 44.5 Å². The smallest absolute Gasteiger partial charge is 0.249 e. The van der Waals surface area contributed by atoms with Crippen LogP contribution in [-0.2, 0) is 9.59 Å². The molecule has 2 fully saturated rings. The largest absolute Gasteiger partial charge is 0.315 e. The van der Waals surface area contributed by atoms with Crippen molar-refractivity contribution in [2.45, 2.75) is 37.6 Å². The van der Waals surface area contributed by atoms with Gasteiger partial charge in [0.1, 0.15) is 11.9 Å². The molecule has 2 aromatic rings. The molecule has 2 aliphatic heterocycles. The van der Waals surface area contributed by atoms with Crippen LogP contribution >= 0.6 is 23.1 Å². The lowest BCUT2D eigenvalue weighted by atomic mass is 10.1. The van der Waals surface area contributed by atoms with Gasteiger partial charge in [0.05, 0.1) is 10.6 Å². The first-order chi connectivity index (χ1) is 12.4. The number of thiazole rings is 1. The molecule has 2 aliphatic rings. The molecular weight excluding hydrogens is 373 g/mol. The van der Waals surface area contributed by atoms with E-state index in [4.69, 9.17) is 0 Å². The summed E-state index contributed by atoms with van der Waals surface area (Å²) in [5.74, 6) is 0.145. The van der Waals surface area contributed by atoms with Crippen LogP contribution in [-0.4, -0.2) is 38.4 Å². The highest BCUT2D eigenvalue weighted by molar-refractivity contribution is 8.01. The third-order valence-electron chi connectivity index (χ3n) is 4.89. The van der Waals surface area contributed by atoms with E-state index in [0.29, 0.717) is 17.3 Å². The number of carbonyl (C=O) groups is 2. The molecule has 8 heteroatoms. The standard InChI is InChI=1S/C18H18FN3O2S2/c1-10-15(11-3-5-12(19)6-4-11)20-17(26-10)21-16(24)13-9-25-18(2)8-7-14(23)22(13)18/h3-6,13H,7-9H2,1-2H3,(H,20,21,24)/t13-,18-/m1/s1. The number of halogens is 1. The van der Waals surface area contributed by atoms with Crippen molar-refractivity contribution in [2.24, 2.45) is 0 Å². The molecule has 136 valence electrons. The summed E-state index contributed by atoms with van der Waals surface area (Å²) in [6.45, 7) is 3.94. The number of hydrogen-bond donors (Lipinski definition) is 1. The molecule has 0 bridgehead atoms. The van der Waals surface area contributed by atoms with Gasteiger partial charge in [0.15, 0.2) is 5.13 Å². The van der Waals surface area contributed by atoms with Crippen molar-refractivity contribution >= 4 is 40.0 Å². The van der Waals surface area contributed by atoms with Crippen molar-refractivity contribution < 1.29 is 14.0 Å². The molecule has 5 nitrogen and oxygen atoms in total. The molecule has 1 aromatic carbocycles. The Labute approximate surface area is 159 Å². The van der Waals surface area contributed by atoms with Gasteiger partial charge in [-0.15, -0.1) is 23.1 Å². The molecule has 2 amide bonds. The number of benzene rings is 1. The van der Waals surface area contributed by atoms with Gasteiger partial charge in [0, 0.05) is 22.6 Å². The van der Waals surface area contributed by atoms with E-state index >= 15 is 0 Å². The van der Waals surface area contributed by atoms with Gasteiger partial charge in [0.25, 0.3) is 0 Å². The number of amides is 2. The fourth-order valence-electron chi connectivity index (χ4n) is 3.53. The third kappa shape index (κ3) is 2.91. The van der Waals surface area contributed by atoms with Gasteiger partial charge in [-0.2, -0.15) is 0 Å². The van der Waals surface area contributed by atoms with Crippen LogP contribution in [0.4, 0.5) is 9.52 Å². The van der Waals surface area contributed by atoms with Gasteiger partial charge >= 0.3 is 0 Å². The number of anilines is 1. The predicted octanol–water partition coefficient (Wildman–Crippen LogP) is 3.65. The van der Waals surface area contributed by atoms with Crippen LogP contribution in [0.1, 0.15) is 24.6 Å². The fraction of sp³-hybridized carbons (Fsp3) is 0.389. The minimum Gasteiger partial charge on any atom is -0.315 e. The molecule has 3 heterocycles. The highest BCUT2D eigenvalue weighted by atomic mass is 32.2. The Balaban J connectivity index is 1.53. The number of aryl methyl sites for hydroxylation is 1. The summed E-state index contributed by atoms with van der Waals surface area (Å²) >= 11 is 3.04. The van der Waals surface area contributed by atoms with Crippen molar-refractivity contribution in [1.82, 2.24) is 9.88 Å². The predicted molar refractivity (Wildman–Crippen MR) is 102 cm³/mol. The molecule has 0 spiro atoms. The maximum atomic E-state index is 13.1. The molecule has 0 aliphatic carbocycles. The van der Waals surface area contributed by atoms with E-state index in [0.717, 1.165) is 22.6 Å². The first-order valence-corrected chi connectivity index (χ1v) is 10.2. The monoisotopic (exact) mass is 391 g/mol. The molecule has 1 N–H and O–H groups in total. The first-order valence-electron chi connectivity index (χ1n) is 8.38. The van der Waals surface area contributed by atoms with Crippen molar-refractivity contribution in [1.29, 1.82) is 0 Å². The summed E-state index contributed by atoms with van der Waals surface area (Å²) in [6.07, 6.45) is 1.28. The lowest BCUT2D eigenvalue weighted by molar-refractivity contribution is -0.135. The second-order valence-electron chi connectivity index (χ2n) is 6.69. The zero-order valence-corrected chi connectivity index (χ0v) is 16.0. The van der Waals surface area contributed by atoms with Crippen LogP contribution in [0, 0.1) is 12.7 Å². The van der Waals surface area contributed by atoms with Gasteiger partial charge < -0.3 is 10.2 Å². The minimum absolute atomic E-state index is 0.0416. The lowest BCUT2D eigenvalue weighted by Crippen LogP contribution is -2.48. The van der Waals surface area contributed by atoms with Crippen LogP contribution in [0.25, 0.3) is 11.3 Å². The van der Waals surface area contributed by atoms with Crippen molar-refractivity contribution in [3.63, 3.8) is 0 Å². The van der Waals surface area contributed by atoms with E-state index in [9.17, 15) is 14.0 Å². The van der Waals surface area contributed by atoms with E-state index in [-0.39, 0.29) is 22.5 Å². The third-order valence-corrected chi connectivity index (χ3v) is 7.28. The normalized spacial score (nSPS) is 24.8. The Hall–Kier alpha value is -1.93. The summed E-state index contributed by atoms with van der Waals surface area (Å²) in [4.78, 5) is 31.8. The highest BCUT2D eigenvalue weighted by Crippen LogP contribution is 2.47. The summed E-state index contributed by atoms with van der Waals surface area (Å²) in [5.41, 5.74) is 1.53. The Morgan fingerprint density at radius 3 is 2.85 bits per heavy atom. The lowest BCUT2D eigenvalue weighted by Gasteiger charge is -2.29. The zero-order valence-electron chi connectivity index (χ0n) is 14.4. The SMILES string of the molecule is Cc1sc(NC(=O)[C@H]2CS[C@]3(C)CCC(=O)N23)nc1-c1ccc(F)cc1. The number of aromatic nitrogens is 1. The summed E-state index contributed by atoms with van der Waals surface area (Å²) in [5, 5.41) is 3.36. The number of carbonyl (C=O) groups excluding carboxylic acids is 2. The number of nitrogens with zero attached hydrogens (tertiary/aromatic N) is 2. The van der Waals surface area contributed by atoms with Crippen LogP contribution in [0.2, 0.25) is 0 Å². The summed E-state index contributed by atoms with van der Waals surface area (Å²) < 4.78 is 13.1. The molecular formula is C18H18FN3O2S2. The minimum atomic E-state index is -0.460. The molecule has 2 saturated heterocycles. The van der Waals surface area contributed by atoms with E-state index in [1.165, 1.54) is 23.5 Å². The maximum Gasteiger partial charge on any atom is 0.249 e. The van der Waals surface area contributed by atoms with Gasteiger partial charge in [-0.3, -0.25) is 9.59 Å². The van der Waals surface area contributed by atoms with E-state index in [2.05, 4.69) is 10.3 Å². The van der Waals surface area contributed by atoms with Gasteiger partial charge in [-0.1, -0.05) is 0 Å². The van der Waals surface area contributed by atoms with Crippen LogP contribution in [0.3, 0.4) is 0 Å². The Kier molecular flexibility index (Phi) is 4.27. The van der Waals surface area contributed by atoms with E-state index < -0.39 is 6.04 Å². The van der Waals surface area contributed by atoms with Crippen molar-refractivity contribution in [2.75, 3.05) is 11.1 Å². The topological polar surface area (TPSA) is 62.3 Å². The Bertz CT molecular complexity index is 883. The van der Waals surface area contributed by atoms with Crippen LogP contribution in [0.5, 0.6) is 0 Å². The molecule has 0 unspecified atom stereocenters. The first kappa shape index (κ1) is 17.5. The summed E-state index contributed by atoms with van der Waals surface area (Å²) in [7, 11) is 0. The number of nitrogens with one attached hydrogen (secondary N) is 1. The fourth-order valence-corrected chi connectivity index (χ4v) is 5.80. The number of rotatable bonds is 3. The maximum absolute atomic E-state index is 13.1. The highest BCUT2D eigenvalue weighted by Gasteiger charge is 2.52. The molecule has 2 atom stereocenters. The van der Waals surface area contributed by atoms with E-state index in [1.54, 1.807) is 28.8 Å². The Morgan fingerprint density at radius 2 is 2.12 bits per heavy atom. The van der Waals surface area contributed by atoms with E-state index in [1.807, 2.05) is 13.8 Å². The quantitative estimate of drug-likeness (QED) is 0.868. The number of hydrogen-bond acceptors (Lipinski definition) is 5.